The van der Waals surface area contributed by atoms with Crippen molar-refractivity contribution >= 4 is 5.91 Å². The number of nitrogens with one attached hydrogen (secondary N) is 1. The molecule has 0 atom stereocenters. The summed E-state index contributed by atoms with van der Waals surface area (Å²) in [5.74, 6) is 2.02. The van der Waals surface area contributed by atoms with Crippen LogP contribution in [0.25, 0.3) is 0 Å². The van der Waals surface area contributed by atoms with E-state index < -0.39 is 0 Å². The zero-order valence-corrected chi connectivity index (χ0v) is 15.4. The van der Waals surface area contributed by atoms with E-state index in [1.165, 1.54) is 0 Å². The number of nitriles is 1. The summed E-state index contributed by atoms with van der Waals surface area (Å²) in [5.41, 5.74) is 0.748. The van der Waals surface area contributed by atoms with Crippen LogP contribution in [0.15, 0.2) is 42.5 Å². The molecular weight excluding hydrogens is 348 g/mol. The van der Waals surface area contributed by atoms with Crippen molar-refractivity contribution in [3.63, 3.8) is 0 Å². The molecule has 7 heteroatoms. The Bertz CT molecular complexity index is 801. The highest BCUT2D eigenvalue weighted by Gasteiger charge is 2.12. The summed E-state index contributed by atoms with van der Waals surface area (Å²) in [7, 11) is 3.13. The van der Waals surface area contributed by atoms with Crippen LogP contribution in [-0.2, 0) is 11.3 Å². The average molecular weight is 370 g/mol. The lowest BCUT2D eigenvalue weighted by molar-refractivity contribution is -0.120. The molecule has 0 saturated heterocycles. The Morgan fingerprint density at radius 2 is 1.63 bits per heavy atom. The zero-order valence-electron chi connectivity index (χ0n) is 15.4. The van der Waals surface area contributed by atoms with Gasteiger partial charge < -0.3 is 24.3 Å². The van der Waals surface area contributed by atoms with E-state index in [-0.39, 0.29) is 25.5 Å². The summed E-state index contributed by atoms with van der Waals surface area (Å²) >= 11 is 0. The van der Waals surface area contributed by atoms with Crippen LogP contribution in [0.5, 0.6) is 23.0 Å². The minimum absolute atomic E-state index is 0.188. The Kier molecular flexibility index (Phi) is 7.79. The fraction of sp³-hybridized carbons (Fsp3) is 0.300. The van der Waals surface area contributed by atoms with Gasteiger partial charge in [-0.15, -0.1) is 0 Å². The molecule has 0 fully saturated rings. The lowest BCUT2D eigenvalue weighted by Crippen LogP contribution is -2.22. The first-order valence-electron chi connectivity index (χ1n) is 8.37. The van der Waals surface area contributed by atoms with Crippen molar-refractivity contribution in [2.24, 2.45) is 0 Å². The Hall–Kier alpha value is -3.40. The number of ether oxygens (including phenoxy) is 4. The van der Waals surface area contributed by atoms with Gasteiger partial charge in [0.15, 0.2) is 23.0 Å². The summed E-state index contributed by atoms with van der Waals surface area (Å²) < 4.78 is 22.1. The second-order valence-electron chi connectivity index (χ2n) is 5.41. The second-order valence-corrected chi connectivity index (χ2v) is 5.41. The maximum atomic E-state index is 11.5. The SMILES string of the molecule is COc1ccccc1OCCOc1c(CNC(=O)CC#N)cccc1OC. The minimum atomic E-state index is -0.342. The molecule has 27 heavy (non-hydrogen) atoms. The van der Waals surface area contributed by atoms with Crippen molar-refractivity contribution < 1.29 is 23.7 Å². The van der Waals surface area contributed by atoms with E-state index in [9.17, 15) is 4.79 Å². The molecule has 1 amide bonds. The van der Waals surface area contributed by atoms with Crippen molar-refractivity contribution in [3.05, 3.63) is 48.0 Å². The zero-order chi connectivity index (χ0) is 19.5. The molecular formula is C20H22N2O5. The van der Waals surface area contributed by atoms with Gasteiger partial charge in [0.2, 0.25) is 5.91 Å². The third-order valence-corrected chi connectivity index (χ3v) is 3.65. The van der Waals surface area contributed by atoms with Crippen molar-refractivity contribution in [2.45, 2.75) is 13.0 Å². The molecule has 0 radical (unpaired) electrons. The maximum Gasteiger partial charge on any atom is 0.234 e. The molecule has 0 bridgehead atoms. The van der Waals surface area contributed by atoms with Crippen molar-refractivity contribution in [3.8, 4) is 29.1 Å². The molecule has 2 aromatic carbocycles. The van der Waals surface area contributed by atoms with Crippen molar-refractivity contribution in [1.82, 2.24) is 5.32 Å². The van der Waals surface area contributed by atoms with Gasteiger partial charge in [0, 0.05) is 12.1 Å². The van der Waals surface area contributed by atoms with Gasteiger partial charge in [-0.25, -0.2) is 0 Å². The number of benzene rings is 2. The van der Waals surface area contributed by atoms with Crippen LogP contribution in [-0.4, -0.2) is 33.3 Å². The molecule has 0 aliphatic heterocycles. The number of amides is 1. The topological polar surface area (TPSA) is 89.8 Å². The predicted molar refractivity (Wildman–Crippen MR) is 99.1 cm³/mol. The third-order valence-electron chi connectivity index (χ3n) is 3.65. The normalized spacial score (nSPS) is 9.81. The van der Waals surface area contributed by atoms with Gasteiger partial charge in [0.25, 0.3) is 0 Å². The molecule has 2 rings (SSSR count). The van der Waals surface area contributed by atoms with Gasteiger partial charge in [-0.3, -0.25) is 4.79 Å². The molecule has 142 valence electrons. The van der Waals surface area contributed by atoms with E-state index in [0.29, 0.717) is 29.6 Å². The van der Waals surface area contributed by atoms with Gasteiger partial charge in [0.05, 0.1) is 20.3 Å². The van der Waals surface area contributed by atoms with Crippen molar-refractivity contribution in [1.29, 1.82) is 5.26 Å². The summed E-state index contributed by atoms with van der Waals surface area (Å²) in [6.45, 7) is 0.816. The van der Waals surface area contributed by atoms with Crippen LogP contribution >= 0.6 is 0 Å². The van der Waals surface area contributed by atoms with Crippen LogP contribution in [0.3, 0.4) is 0 Å². The first kappa shape index (κ1) is 19.9. The maximum absolute atomic E-state index is 11.5. The van der Waals surface area contributed by atoms with E-state index in [0.717, 1.165) is 5.56 Å². The monoisotopic (exact) mass is 370 g/mol. The van der Waals surface area contributed by atoms with Gasteiger partial charge in [-0.1, -0.05) is 24.3 Å². The molecule has 0 saturated carbocycles. The van der Waals surface area contributed by atoms with E-state index in [2.05, 4.69) is 5.32 Å². The quantitative estimate of drug-likeness (QED) is 0.647. The number of nitrogens with zero attached hydrogens (tertiary/aromatic N) is 1. The van der Waals surface area contributed by atoms with E-state index in [4.69, 9.17) is 24.2 Å². The van der Waals surface area contributed by atoms with Gasteiger partial charge in [-0.2, -0.15) is 5.26 Å². The van der Waals surface area contributed by atoms with E-state index >= 15 is 0 Å². The number of methoxy groups -OCH3 is 2. The van der Waals surface area contributed by atoms with Gasteiger partial charge >= 0.3 is 0 Å². The van der Waals surface area contributed by atoms with Gasteiger partial charge in [0.1, 0.15) is 19.6 Å². The number of para-hydroxylation sites is 3. The molecule has 7 nitrogen and oxygen atoms in total. The Labute approximate surface area is 158 Å². The van der Waals surface area contributed by atoms with Crippen molar-refractivity contribution in [2.75, 3.05) is 27.4 Å². The Morgan fingerprint density at radius 3 is 2.33 bits per heavy atom. The number of hydrogen-bond donors (Lipinski definition) is 1. The average Bonchev–Trinajstić information content (AvgIpc) is 2.70. The van der Waals surface area contributed by atoms with E-state index in [1.54, 1.807) is 20.3 Å². The smallest absolute Gasteiger partial charge is 0.234 e. The fourth-order valence-electron chi connectivity index (χ4n) is 2.39. The molecule has 0 aliphatic rings. The first-order valence-corrected chi connectivity index (χ1v) is 8.37. The molecule has 2 aromatic rings. The number of carbonyl (C=O) groups excluding carboxylic acids is 1. The number of carbonyl (C=O) groups is 1. The van der Waals surface area contributed by atoms with Crippen LogP contribution < -0.4 is 24.3 Å². The Morgan fingerprint density at radius 1 is 0.963 bits per heavy atom. The third kappa shape index (κ3) is 5.82. The van der Waals surface area contributed by atoms with E-state index in [1.807, 2.05) is 42.5 Å². The predicted octanol–water partition coefficient (Wildman–Crippen LogP) is 2.69. The Balaban J connectivity index is 1.97. The lowest BCUT2D eigenvalue weighted by atomic mass is 10.2. The molecule has 0 aromatic heterocycles. The van der Waals surface area contributed by atoms with Crippen LogP contribution in [0.2, 0.25) is 0 Å². The lowest BCUT2D eigenvalue weighted by Gasteiger charge is -2.16. The molecule has 0 aliphatic carbocycles. The second kappa shape index (κ2) is 10.6. The number of hydrogen-bond acceptors (Lipinski definition) is 6. The van der Waals surface area contributed by atoms with Crippen LogP contribution in [0, 0.1) is 11.3 Å². The molecule has 0 spiro atoms. The molecule has 1 N–H and O–H groups in total. The molecule has 0 unspecified atom stereocenters. The molecule has 0 heterocycles. The van der Waals surface area contributed by atoms with Crippen LogP contribution in [0.1, 0.15) is 12.0 Å². The fourth-order valence-corrected chi connectivity index (χ4v) is 2.39. The highest BCUT2D eigenvalue weighted by atomic mass is 16.5. The standard InChI is InChI=1S/C20H22N2O5/c1-24-16-7-3-4-8-17(16)26-12-13-27-20-15(6-5-9-18(20)25-2)14-22-19(23)10-11-21/h3-9H,10,12-14H2,1-2H3,(H,22,23). The van der Waals surface area contributed by atoms with Crippen LogP contribution in [0.4, 0.5) is 0 Å². The highest BCUT2D eigenvalue weighted by Crippen LogP contribution is 2.31. The summed E-state index contributed by atoms with van der Waals surface area (Å²) in [5, 5.41) is 11.2. The summed E-state index contributed by atoms with van der Waals surface area (Å²) in [4.78, 5) is 11.5. The van der Waals surface area contributed by atoms with Gasteiger partial charge in [-0.05, 0) is 18.2 Å². The largest absolute Gasteiger partial charge is 0.493 e. The minimum Gasteiger partial charge on any atom is -0.493 e. The first-order chi connectivity index (χ1) is 13.2. The highest BCUT2D eigenvalue weighted by molar-refractivity contribution is 5.78. The number of rotatable bonds is 10. The summed E-state index contributed by atoms with van der Waals surface area (Å²) in [6.07, 6.45) is -0.188. The summed E-state index contributed by atoms with van der Waals surface area (Å²) in [6, 6.07) is 14.6.